The number of nitriles is 1. The molecule has 1 unspecified atom stereocenters. The molecule has 0 spiro atoms. The van der Waals surface area contributed by atoms with Gasteiger partial charge in [-0.1, -0.05) is 38.1 Å². The maximum absolute atomic E-state index is 12.7. The highest BCUT2D eigenvalue weighted by atomic mass is 16.5. The number of anilines is 1. The second-order valence-corrected chi connectivity index (χ2v) is 6.83. The Morgan fingerprint density at radius 2 is 1.83 bits per heavy atom. The molecule has 0 aliphatic carbocycles. The summed E-state index contributed by atoms with van der Waals surface area (Å²) in [4.78, 5) is 24.4. The molecule has 0 aliphatic heterocycles. The van der Waals surface area contributed by atoms with E-state index in [1.165, 1.54) is 0 Å². The molecule has 2 rings (SSSR count). The summed E-state index contributed by atoms with van der Waals surface area (Å²) in [5.41, 5.74) is 1.74. The number of hydrogen-bond acceptors (Lipinski definition) is 5. The molecule has 0 heterocycles. The maximum atomic E-state index is 12.7. The fraction of sp³-hybridized carbons (Fsp3) is 0.318. The zero-order valence-corrected chi connectivity index (χ0v) is 16.5. The van der Waals surface area contributed by atoms with Crippen molar-refractivity contribution in [2.75, 3.05) is 18.5 Å². The van der Waals surface area contributed by atoms with Crippen molar-refractivity contribution in [1.29, 1.82) is 5.26 Å². The van der Waals surface area contributed by atoms with Crippen molar-refractivity contribution in [3.05, 3.63) is 59.7 Å². The van der Waals surface area contributed by atoms with Crippen molar-refractivity contribution in [3.63, 3.8) is 0 Å². The third-order valence-corrected chi connectivity index (χ3v) is 4.15. The van der Waals surface area contributed by atoms with E-state index in [0.29, 0.717) is 17.0 Å². The van der Waals surface area contributed by atoms with Crippen LogP contribution >= 0.6 is 0 Å². The van der Waals surface area contributed by atoms with Crippen molar-refractivity contribution in [2.24, 2.45) is 5.92 Å². The fourth-order valence-electron chi connectivity index (χ4n) is 2.65. The summed E-state index contributed by atoms with van der Waals surface area (Å²) in [6.45, 7) is 3.85. The molecule has 7 nitrogen and oxygen atoms in total. The van der Waals surface area contributed by atoms with E-state index in [0.717, 1.165) is 5.56 Å². The van der Waals surface area contributed by atoms with Crippen LogP contribution in [0.25, 0.3) is 0 Å². The lowest BCUT2D eigenvalue weighted by molar-refractivity contribution is -0.124. The van der Waals surface area contributed by atoms with Gasteiger partial charge >= 0.3 is 0 Å². The molecule has 0 bridgehead atoms. The number of carbonyl (C=O) groups excluding carboxylic acids is 2. The summed E-state index contributed by atoms with van der Waals surface area (Å²) in [6.07, 6.45) is -0.579. The summed E-state index contributed by atoms with van der Waals surface area (Å²) in [5, 5.41) is 23.3. The topological polar surface area (TPSA) is 111 Å². The van der Waals surface area contributed by atoms with E-state index >= 15 is 0 Å². The number of nitrogens with one attached hydrogen (secondary N) is 2. The molecule has 3 N–H and O–H groups in total. The Hall–Kier alpha value is -3.37. The van der Waals surface area contributed by atoms with Crippen molar-refractivity contribution in [1.82, 2.24) is 5.32 Å². The molecule has 2 amide bonds. The minimum absolute atomic E-state index is 0.103. The van der Waals surface area contributed by atoms with Gasteiger partial charge in [0.05, 0.1) is 18.6 Å². The quantitative estimate of drug-likeness (QED) is 0.603. The third kappa shape index (κ3) is 6.63. The zero-order valence-electron chi connectivity index (χ0n) is 16.5. The van der Waals surface area contributed by atoms with Crippen molar-refractivity contribution >= 4 is 17.5 Å². The lowest BCUT2D eigenvalue weighted by atomic mass is 10.1. The molecule has 2 aromatic carbocycles. The van der Waals surface area contributed by atoms with E-state index in [2.05, 4.69) is 16.7 Å². The first-order valence-electron chi connectivity index (χ1n) is 9.37. The number of aliphatic hydroxyl groups excluding tert-OH is 1. The van der Waals surface area contributed by atoms with E-state index in [1.54, 1.807) is 48.5 Å². The van der Waals surface area contributed by atoms with Crippen LogP contribution in [0, 0.1) is 17.2 Å². The van der Waals surface area contributed by atoms with Gasteiger partial charge in [0.1, 0.15) is 11.8 Å². The molecule has 0 saturated heterocycles. The lowest BCUT2D eigenvalue weighted by Gasteiger charge is -2.22. The van der Waals surface area contributed by atoms with Gasteiger partial charge in [-0.05, 0) is 35.7 Å². The number of rotatable bonds is 9. The second-order valence-electron chi connectivity index (χ2n) is 6.83. The van der Waals surface area contributed by atoms with Crippen LogP contribution in [0.3, 0.4) is 0 Å². The molecular formula is C22H25N3O4. The first kappa shape index (κ1) is 21.9. The average Bonchev–Trinajstić information content (AvgIpc) is 2.71. The van der Waals surface area contributed by atoms with Gasteiger partial charge < -0.3 is 20.5 Å². The molecule has 0 aromatic heterocycles. The minimum Gasteiger partial charge on any atom is -0.479 e. The maximum Gasteiger partial charge on any atom is 0.265 e. The van der Waals surface area contributed by atoms with E-state index < -0.39 is 6.10 Å². The van der Waals surface area contributed by atoms with E-state index in [4.69, 9.17) is 9.84 Å². The Kier molecular flexibility index (Phi) is 8.19. The van der Waals surface area contributed by atoms with Crippen molar-refractivity contribution in [2.45, 2.75) is 26.4 Å². The number of carbonyl (C=O) groups is 2. The van der Waals surface area contributed by atoms with E-state index in [9.17, 15) is 14.9 Å². The van der Waals surface area contributed by atoms with Gasteiger partial charge in [0.15, 0.2) is 6.10 Å². The highest BCUT2D eigenvalue weighted by Crippen LogP contribution is 2.22. The Bertz CT molecular complexity index is 872. The van der Waals surface area contributed by atoms with Crippen LogP contribution < -0.4 is 15.4 Å². The number of benzene rings is 2. The Morgan fingerprint density at radius 3 is 2.45 bits per heavy atom. The van der Waals surface area contributed by atoms with Gasteiger partial charge in [0.25, 0.3) is 5.91 Å². The molecule has 29 heavy (non-hydrogen) atoms. The summed E-state index contributed by atoms with van der Waals surface area (Å²) >= 11 is 0. The van der Waals surface area contributed by atoms with Gasteiger partial charge in [-0.15, -0.1) is 0 Å². The predicted molar refractivity (Wildman–Crippen MR) is 109 cm³/mol. The Morgan fingerprint density at radius 1 is 1.14 bits per heavy atom. The molecule has 1 atom stereocenters. The summed E-state index contributed by atoms with van der Waals surface area (Å²) in [5.74, 6) is -0.245. The molecule has 152 valence electrons. The number of para-hydroxylation sites is 1. The average molecular weight is 395 g/mol. The van der Waals surface area contributed by atoms with Gasteiger partial charge in [-0.2, -0.15) is 5.26 Å². The van der Waals surface area contributed by atoms with Crippen LogP contribution in [0.15, 0.2) is 48.5 Å². The molecule has 0 saturated carbocycles. The Balaban J connectivity index is 2.02. The second kappa shape index (κ2) is 10.8. The van der Waals surface area contributed by atoms with Crippen LogP contribution in [0.4, 0.5) is 5.69 Å². The first-order chi connectivity index (χ1) is 13.9. The van der Waals surface area contributed by atoms with Gasteiger partial charge in [-0.3, -0.25) is 9.59 Å². The summed E-state index contributed by atoms with van der Waals surface area (Å²) in [6, 6.07) is 15.8. The lowest BCUT2D eigenvalue weighted by Crippen LogP contribution is -2.37. The molecular weight excluding hydrogens is 370 g/mol. The normalized spacial score (nSPS) is 11.4. The SMILES string of the molecule is CC(C)C(Oc1ccccc1C#N)C(=O)Nc1ccc(CC(=O)NCCO)cc1. The van der Waals surface area contributed by atoms with E-state index in [-0.39, 0.29) is 37.3 Å². The molecule has 0 aliphatic rings. The molecule has 2 aromatic rings. The highest BCUT2D eigenvalue weighted by molar-refractivity contribution is 5.94. The molecule has 0 radical (unpaired) electrons. The smallest absolute Gasteiger partial charge is 0.265 e. The number of hydrogen-bond donors (Lipinski definition) is 3. The fourth-order valence-corrected chi connectivity index (χ4v) is 2.65. The van der Waals surface area contributed by atoms with Crippen LogP contribution in [0.2, 0.25) is 0 Å². The summed E-state index contributed by atoms with van der Waals surface area (Å²) < 4.78 is 5.84. The van der Waals surface area contributed by atoms with Gasteiger partial charge in [-0.25, -0.2) is 0 Å². The van der Waals surface area contributed by atoms with Crippen LogP contribution in [-0.4, -0.2) is 36.2 Å². The predicted octanol–water partition coefficient (Wildman–Crippen LogP) is 2.25. The van der Waals surface area contributed by atoms with Crippen LogP contribution in [0.1, 0.15) is 25.0 Å². The number of aliphatic hydroxyl groups is 1. The third-order valence-electron chi connectivity index (χ3n) is 4.15. The van der Waals surface area contributed by atoms with Crippen LogP contribution in [0.5, 0.6) is 5.75 Å². The number of amides is 2. The summed E-state index contributed by atoms with van der Waals surface area (Å²) in [7, 11) is 0. The van der Waals surface area contributed by atoms with Crippen molar-refractivity contribution in [3.8, 4) is 11.8 Å². The van der Waals surface area contributed by atoms with Crippen LogP contribution in [-0.2, 0) is 16.0 Å². The number of nitrogens with zero attached hydrogens (tertiary/aromatic N) is 1. The van der Waals surface area contributed by atoms with Crippen molar-refractivity contribution < 1.29 is 19.4 Å². The largest absolute Gasteiger partial charge is 0.479 e. The van der Waals surface area contributed by atoms with Gasteiger partial charge in [0, 0.05) is 12.2 Å². The first-order valence-corrected chi connectivity index (χ1v) is 9.37. The zero-order chi connectivity index (χ0) is 21.2. The van der Waals surface area contributed by atoms with E-state index in [1.807, 2.05) is 13.8 Å². The standard InChI is InChI=1S/C22H25N3O4/c1-15(2)21(29-19-6-4-3-5-17(19)14-23)22(28)25-18-9-7-16(8-10-18)13-20(27)24-11-12-26/h3-10,15,21,26H,11-13H2,1-2H3,(H,24,27)(H,25,28). The number of ether oxygens (including phenoxy) is 1. The van der Waals surface area contributed by atoms with Gasteiger partial charge in [0.2, 0.25) is 5.91 Å². The Labute approximate surface area is 170 Å². The molecule has 0 fully saturated rings. The minimum atomic E-state index is -0.770. The molecule has 7 heteroatoms. The monoisotopic (exact) mass is 395 g/mol. The highest BCUT2D eigenvalue weighted by Gasteiger charge is 2.25.